The highest BCUT2D eigenvalue weighted by atomic mass is 79.9. The second-order valence-electron chi connectivity index (χ2n) is 5.72. The molecule has 0 fully saturated rings. The Bertz CT molecular complexity index is 1040. The van der Waals surface area contributed by atoms with E-state index in [0.717, 1.165) is 21.3 Å². The molecule has 0 bridgehead atoms. The molecule has 1 aromatic carbocycles. The molecule has 0 radical (unpaired) electrons. The standard InChI is InChI=1S/C17H15BrN6OS/c1-3-13-10(2)8-14(26-13)17-21-19-15(25-17)9-24-22-16(20-23-24)11-4-6-12(18)7-5-11/h4-8H,3,9H2,1-2H3. The lowest BCUT2D eigenvalue weighted by molar-refractivity contribution is 0.447. The van der Waals surface area contributed by atoms with Gasteiger partial charge in [-0.15, -0.1) is 31.7 Å². The van der Waals surface area contributed by atoms with E-state index in [1.54, 1.807) is 11.3 Å². The van der Waals surface area contributed by atoms with Crippen molar-refractivity contribution in [2.24, 2.45) is 0 Å². The number of halogens is 1. The van der Waals surface area contributed by atoms with Crippen molar-refractivity contribution in [3.8, 4) is 22.2 Å². The molecule has 0 spiro atoms. The van der Waals surface area contributed by atoms with Gasteiger partial charge in [0.1, 0.15) is 6.54 Å². The normalized spacial score (nSPS) is 11.2. The van der Waals surface area contributed by atoms with Crippen LogP contribution in [0.1, 0.15) is 23.3 Å². The molecule has 0 aliphatic heterocycles. The lowest BCUT2D eigenvalue weighted by Crippen LogP contribution is -2.04. The van der Waals surface area contributed by atoms with Crippen LogP contribution in [-0.4, -0.2) is 30.4 Å². The summed E-state index contributed by atoms with van der Waals surface area (Å²) in [7, 11) is 0. The zero-order valence-corrected chi connectivity index (χ0v) is 16.6. The number of nitrogens with zero attached hydrogens (tertiary/aromatic N) is 6. The number of aromatic nitrogens is 6. The third-order valence-corrected chi connectivity index (χ3v) is 5.75. The molecule has 26 heavy (non-hydrogen) atoms. The highest BCUT2D eigenvalue weighted by Gasteiger charge is 2.14. The van der Waals surface area contributed by atoms with E-state index >= 15 is 0 Å². The maximum Gasteiger partial charge on any atom is 0.257 e. The average Bonchev–Trinajstić information content (AvgIpc) is 3.36. The summed E-state index contributed by atoms with van der Waals surface area (Å²) in [5, 5.41) is 20.8. The zero-order valence-electron chi connectivity index (χ0n) is 14.2. The fraction of sp³-hybridized carbons (Fsp3) is 0.235. The van der Waals surface area contributed by atoms with Crippen LogP contribution in [0.25, 0.3) is 22.2 Å². The first-order valence-corrected chi connectivity index (χ1v) is 9.69. The summed E-state index contributed by atoms with van der Waals surface area (Å²) in [5.74, 6) is 1.53. The molecule has 0 amide bonds. The van der Waals surface area contributed by atoms with Gasteiger partial charge < -0.3 is 4.42 Å². The molecule has 0 aliphatic carbocycles. The van der Waals surface area contributed by atoms with Crippen molar-refractivity contribution in [2.75, 3.05) is 0 Å². The van der Waals surface area contributed by atoms with E-state index < -0.39 is 0 Å². The monoisotopic (exact) mass is 430 g/mol. The molecule has 0 saturated heterocycles. The minimum absolute atomic E-state index is 0.279. The first-order chi connectivity index (χ1) is 12.6. The highest BCUT2D eigenvalue weighted by Crippen LogP contribution is 2.30. The second kappa shape index (κ2) is 7.08. The number of hydrogen-bond donors (Lipinski definition) is 0. The smallest absolute Gasteiger partial charge is 0.257 e. The van der Waals surface area contributed by atoms with Crippen LogP contribution >= 0.6 is 27.3 Å². The fourth-order valence-electron chi connectivity index (χ4n) is 2.54. The molecule has 4 aromatic rings. The number of hydrogen-bond acceptors (Lipinski definition) is 7. The van der Waals surface area contributed by atoms with E-state index in [4.69, 9.17) is 4.42 Å². The van der Waals surface area contributed by atoms with Crippen LogP contribution in [-0.2, 0) is 13.0 Å². The van der Waals surface area contributed by atoms with Gasteiger partial charge in [-0.05, 0) is 54.5 Å². The van der Waals surface area contributed by atoms with Gasteiger partial charge in [0.2, 0.25) is 11.7 Å². The Morgan fingerprint density at radius 3 is 2.69 bits per heavy atom. The van der Waals surface area contributed by atoms with Crippen LogP contribution in [0, 0.1) is 6.92 Å². The van der Waals surface area contributed by atoms with E-state index in [-0.39, 0.29) is 6.54 Å². The van der Waals surface area contributed by atoms with Gasteiger partial charge in [0.15, 0.2) is 0 Å². The molecule has 0 N–H and O–H groups in total. The summed E-state index contributed by atoms with van der Waals surface area (Å²) in [6.07, 6.45) is 0.999. The minimum Gasteiger partial charge on any atom is -0.418 e. The SMILES string of the molecule is CCc1sc(-c2nnc(Cn3nnc(-c4ccc(Br)cc4)n3)o2)cc1C. The van der Waals surface area contributed by atoms with Gasteiger partial charge >= 0.3 is 0 Å². The van der Waals surface area contributed by atoms with Gasteiger partial charge in [-0.1, -0.05) is 22.9 Å². The van der Waals surface area contributed by atoms with Crippen LogP contribution in [0.3, 0.4) is 0 Å². The molecule has 0 aliphatic rings. The lowest BCUT2D eigenvalue weighted by Gasteiger charge is -1.94. The zero-order chi connectivity index (χ0) is 18.1. The van der Waals surface area contributed by atoms with E-state index in [2.05, 4.69) is 61.5 Å². The molecule has 3 aromatic heterocycles. The van der Waals surface area contributed by atoms with Gasteiger partial charge in [-0.25, -0.2) is 0 Å². The van der Waals surface area contributed by atoms with Crippen LogP contribution in [0.4, 0.5) is 0 Å². The van der Waals surface area contributed by atoms with E-state index in [1.807, 2.05) is 24.3 Å². The second-order valence-corrected chi connectivity index (χ2v) is 7.77. The number of aryl methyl sites for hydroxylation is 2. The predicted molar refractivity (Wildman–Crippen MR) is 102 cm³/mol. The van der Waals surface area contributed by atoms with Gasteiger partial charge in [0.05, 0.1) is 4.88 Å². The quantitative estimate of drug-likeness (QED) is 0.473. The third kappa shape index (κ3) is 3.45. The number of thiophene rings is 1. The van der Waals surface area contributed by atoms with Gasteiger partial charge in [0, 0.05) is 14.9 Å². The highest BCUT2D eigenvalue weighted by molar-refractivity contribution is 9.10. The largest absolute Gasteiger partial charge is 0.418 e. The van der Waals surface area contributed by atoms with Crippen LogP contribution in [0.2, 0.25) is 0 Å². The first kappa shape index (κ1) is 17.0. The number of benzene rings is 1. The fourth-order valence-corrected chi connectivity index (χ4v) is 3.84. The van der Waals surface area contributed by atoms with Gasteiger partial charge in [-0.2, -0.15) is 4.80 Å². The molecule has 0 atom stereocenters. The van der Waals surface area contributed by atoms with Crippen molar-refractivity contribution >= 4 is 27.3 Å². The van der Waals surface area contributed by atoms with Crippen molar-refractivity contribution in [2.45, 2.75) is 26.8 Å². The van der Waals surface area contributed by atoms with Crippen molar-refractivity contribution in [1.82, 2.24) is 30.4 Å². The first-order valence-electron chi connectivity index (χ1n) is 8.08. The van der Waals surface area contributed by atoms with Crippen LogP contribution < -0.4 is 0 Å². The molecule has 0 unspecified atom stereocenters. The van der Waals surface area contributed by atoms with E-state index in [1.165, 1.54) is 15.2 Å². The predicted octanol–water partition coefficient (Wildman–Crippen LogP) is 4.13. The molecular formula is C17H15BrN6OS. The summed E-state index contributed by atoms with van der Waals surface area (Å²) in [5.41, 5.74) is 2.15. The van der Waals surface area contributed by atoms with Crippen LogP contribution in [0.15, 0.2) is 39.2 Å². The third-order valence-electron chi connectivity index (χ3n) is 3.85. The van der Waals surface area contributed by atoms with Crippen molar-refractivity contribution < 1.29 is 4.42 Å². The average molecular weight is 431 g/mol. The molecule has 132 valence electrons. The summed E-state index contributed by atoms with van der Waals surface area (Å²) in [4.78, 5) is 3.77. The topological polar surface area (TPSA) is 82.5 Å². The Hall–Kier alpha value is -2.39. The maximum atomic E-state index is 5.77. The summed E-state index contributed by atoms with van der Waals surface area (Å²) in [6, 6.07) is 9.82. The Morgan fingerprint density at radius 2 is 1.96 bits per heavy atom. The number of tetrazole rings is 1. The molecule has 3 heterocycles. The number of rotatable bonds is 5. The van der Waals surface area contributed by atoms with E-state index in [9.17, 15) is 0 Å². The molecule has 0 saturated carbocycles. The maximum absolute atomic E-state index is 5.77. The van der Waals surface area contributed by atoms with Crippen molar-refractivity contribution in [1.29, 1.82) is 0 Å². The Kier molecular flexibility index (Phi) is 4.64. The summed E-state index contributed by atoms with van der Waals surface area (Å²) >= 11 is 5.10. The summed E-state index contributed by atoms with van der Waals surface area (Å²) < 4.78 is 6.77. The van der Waals surface area contributed by atoms with Crippen molar-refractivity contribution in [3.63, 3.8) is 0 Å². The molecular weight excluding hydrogens is 416 g/mol. The Balaban J connectivity index is 1.51. The van der Waals surface area contributed by atoms with Crippen LogP contribution in [0.5, 0.6) is 0 Å². The molecule has 7 nitrogen and oxygen atoms in total. The van der Waals surface area contributed by atoms with Gasteiger partial charge in [-0.3, -0.25) is 0 Å². The Morgan fingerprint density at radius 1 is 1.15 bits per heavy atom. The molecule has 4 rings (SSSR count). The van der Waals surface area contributed by atoms with E-state index in [0.29, 0.717) is 17.6 Å². The Labute approximate surface area is 162 Å². The lowest BCUT2D eigenvalue weighted by atomic mass is 10.2. The molecule has 9 heteroatoms. The van der Waals surface area contributed by atoms with Crippen molar-refractivity contribution in [3.05, 3.63) is 51.1 Å². The summed E-state index contributed by atoms with van der Waals surface area (Å²) in [6.45, 7) is 4.52. The van der Waals surface area contributed by atoms with Gasteiger partial charge in [0.25, 0.3) is 5.89 Å². The minimum atomic E-state index is 0.279.